The number of rotatable bonds is 5. The molecule has 2 unspecified atom stereocenters. The minimum Gasteiger partial charge on any atom is -0.368 e. The van der Waals surface area contributed by atoms with Gasteiger partial charge in [-0.25, -0.2) is 0 Å². The van der Waals surface area contributed by atoms with Crippen molar-refractivity contribution >= 4 is 5.69 Å². The Morgan fingerprint density at radius 1 is 1.05 bits per heavy atom. The highest BCUT2D eigenvalue weighted by Gasteiger charge is 2.28. The molecule has 1 saturated carbocycles. The predicted octanol–water partition coefficient (Wildman–Crippen LogP) is 3.97. The molecule has 0 aromatic heterocycles. The molecule has 0 amide bonds. The van der Waals surface area contributed by atoms with E-state index >= 15 is 0 Å². The Bertz CT molecular complexity index is 388. The number of hydrogen-bond donors (Lipinski definition) is 1. The first-order valence-electron chi connectivity index (χ1n) is 8.13. The number of aryl methyl sites for hydroxylation is 1. The van der Waals surface area contributed by atoms with Crippen molar-refractivity contribution in [3.63, 3.8) is 0 Å². The van der Waals surface area contributed by atoms with Gasteiger partial charge in [0.2, 0.25) is 0 Å². The maximum atomic E-state index is 5.74. The third kappa shape index (κ3) is 3.99. The van der Waals surface area contributed by atoms with Crippen LogP contribution in [0.25, 0.3) is 0 Å². The normalized spacial score (nSPS) is 26.5. The monoisotopic (exact) mass is 274 g/mol. The fraction of sp³-hybridized carbons (Fsp3) is 0.667. The summed E-state index contributed by atoms with van der Waals surface area (Å²) in [5.74, 6) is 1.68. The van der Waals surface area contributed by atoms with Crippen LogP contribution in [0.2, 0.25) is 0 Å². The summed E-state index contributed by atoms with van der Waals surface area (Å²) in [4.78, 5) is 2.61. The van der Waals surface area contributed by atoms with Gasteiger partial charge in [-0.3, -0.25) is 0 Å². The van der Waals surface area contributed by atoms with Crippen LogP contribution in [-0.2, 0) is 0 Å². The molecule has 1 aromatic rings. The van der Waals surface area contributed by atoms with Gasteiger partial charge in [0.05, 0.1) is 0 Å². The summed E-state index contributed by atoms with van der Waals surface area (Å²) in [5.41, 5.74) is 8.44. The van der Waals surface area contributed by atoms with Crippen molar-refractivity contribution in [2.24, 2.45) is 17.6 Å². The molecule has 1 aromatic carbocycles. The number of nitrogens with zero attached hydrogens (tertiary/aromatic N) is 1. The Balaban J connectivity index is 2.15. The lowest BCUT2D eigenvalue weighted by Gasteiger charge is -2.40. The van der Waals surface area contributed by atoms with E-state index in [1.165, 1.54) is 30.5 Å². The van der Waals surface area contributed by atoms with E-state index in [-0.39, 0.29) is 0 Å². The van der Waals surface area contributed by atoms with Gasteiger partial charge in [-0.05, 0) is 63.1 Å². The summed E-state index contributed by atoms with van der Waals surface area (Å²) >= 11 is 0. The highest BCUT2D eigenvalue weighted by atomic mass is 15.2. The molecule has 0 aliphatic heterocycles. The van der Waals surface area contributed by atoms with Crippen LogP contribution in [0.3, 0.4) is 0 Å². The topological polar surface area (TPSA) is 29.3 Å². The molecule has 0 saturated heterocycles. The summed E-state index contributed by atoms with van der Waals surface area (Å²) in [6.07, 6.45) is 5.11. The summed E-state index contributed by atoms with van der Waals surface area (Å²) in [5, 5.41) is 0. The molecule has 0 heterocycles. The predicted molar refractivity (Wildman–Crippen MR) is 88.2 cm³/mol. The third-order valence-electron chi connectivity index (χ3n) is 4.56. The lowest BCUT2D eigenvalue weighted by Crippen LogP contribution is -2.41. The summed E-state index contributed by atoms with van der Waals surface area (Å²) < 4.78 is 0. The molecule has 1 aliphatic carbocycles. The molecule has 2 atom stereocenters. The number of hydrogen-bond acceptors (Lipinski definition) is 2. The van der Waals surface area contributed by atoms with Crippen molar-refractivity contribution in [1.29, 1.82) is 0 Å². The van der Waals surface area contributed by atoms with Crippen molar-refractivity contribution in [2.75, 3.05) is 18.0 Å². The molecular weight excluding hydrogens is 244 g/mol. The molecule has 2 heteroatoms. The number of anilines is 1. The second-order valence-electron chi connectivity index (χ2n) is 6.74. The van der Waals surface area contributed by atoms with Gasteiger partial charge in [0.1, 0.15) is 0 Å². The summed E-state index contributed by atoms with van der Waals surface area (Å²) in [7, 11) is 0. The zero-order valence-corrected chi connectivity index (χ0v) is 13.3. The summed E-state index contributed by atoms with van der Waals surface area (Å²) in [6.45, 7) is 8.82. The van der Waals surface area contributed by atoms with Gasteiger partial charge in [0, 0.05) is 18.3 Å². The molecule has 2 nitrogen and oxygen atoms in total. The van der Waals surface area contributed by atoms with Gasteiger partial charge < -0.3 is 10.6 Å². The molecule has 0 radical (unpaired) electrons. The Morgan fingerprint density at radius 3 is 2.20 bits per heavy atom. The van der Waals surface area contributed by atoms with Crippen molar-refractivity contribution in [3.05, 3.63) is 29.8 Å². The van der Waals surface area contributed by atoms with E-state index in [0.717, 1.165) is 31.3 Å². The lowest BCUT2D eigenvalue weighted by atomic mass is 9.79. The second-order valence-corrected chi connectivity index (χ2v) is 6.74. The van der Waals surface area contributed by atoms with Crippen LogP contribution in [0, 0.1) is 18.8 Å². The van der Waals surface area contributed by atoms with Gasteiger partial charge >= 0.3 is 0 Å². The average molecular weight is 274 g/mol. The van der Waals surface area contributed by atoms with Crippen LogP contribution in [0.5, 0.6) is 0 Å². The maximum absolute atomic E-state index is 5.74. The average Bonchev–Trinajstić information content (AvgIpc) is 2.40. The first-order valence-corrected chi connectivity index (χ1v) is 8.13. The maximum Gasteiger partial charge on any atom is 0.0368 e. The van der Waals surface area contributed by atoms with Crippen LogP contribution < -0.4 is 10.6 Å². The smallest absolute Gasteiger partial charge is 0.0368 e. The molecule has 2 N–H and O–H groups in total. The Morgan fingerprint density at radius 2 is 1.65 bits per heavy atom. The minimum atomic E-state index is 0.683. The van der Waals surface area contributed by atoms with E-state index in [4.69, 9.17) is 5.73 Å². The quantitative estimate of drug-likeness (QED) is 0.880. The van der Waals surface area contributed by atoms with Crippen molar-refractivity contribution in [2.45, 2.75) is 52.5 Å². The fourth-order valence-corrected chi connectivity index (χ4v) is 3.68. The van der Waals surface area contributed by atoms with Crippen LogP contribution in [0.15, 0.2) is 24.3 Å². The zero-order chi connectivity index (χ0) is 14.5. The van der Waals surface area contributed by atoms with Gasteiger partial charge in [-0.15, -0.1) is 0 Å². The minimum absolute atomic E-state index is 0.683. The van der Waals surface area contributed by atoms with Gasteiger partial charge in [0.25, 0.3) is 0 Å². The molecule has 112 valence electrons. The highest BCUT2D eigenvalue weighted by molar-refractivity contribution is 5.48. The molecule has 1 fully saturated rings. The molecule has 20 heavy (non-hydrogen) atoms. The van der Waals surface area contributed by atoms with E-state index in [0.29, 0.717) is 6.04 Å². The highest BCUT2D eigenvalue weighted by Crippen LogP contribution is 2.34. The van der Waals surface area contributed by atoms with Crippen LogP contribution >= 0.6 is 0 Å². The summed E-state index contributed by atoms with van der Waals surface area (Å²) in [6, 6.07) is 9.68. The lowest BCUT2D eigenvalue weighted by molar-refractivity contribution is 0.259. The van der Waals surface area contributed by atoms with Crippen molar-refractivity contribution in [1.82, 2.24) is 0 Å². The van der Waals surface area contributed by atoms with E-state index in [9.17, 15) is 0 Å². The SMILES string of the molecule is Cc1ccc(N(CCCN)C2CC(C)CC(C)C2)cc1. The van der Waals surface area contributed by atoms with E-state index in [1.54, 1.807) is 0 Å². The van der Waals surface area contributed by atoms with Gasteiger partial charge in [-0.1, -0.05) is 31.5 Å². The Labute approximate surface area is 124 Å². The number of nitrogens with two attached hydrogens (primary N) is 1. The Kier molecular flexibility index (Phi) is 5.47. The van der Waals surface area contributed by atoms with Crippen LogP contribution in [0.4, 0.5) is 5.69 Å². The molecular formula is C18H30N2. The molecule has 2 rings (SSSR count). The van der Waals surface area contributed by atoms with E-state index in [1.807, 2.05) is 0 Å². The largest absolute Gasteiger partial charge is 0.368 e. The van der Waals surface area contributed by atoms with Gasteiger partial charge in [-0.2, -0.15) is 0 Å². The molecule has 1 aliphatic rings. The fourth-order valence-electron chi connectivity index (χ4n) is 3.68. The second kappa shape index (κ2) is 7.12. The first-order chi connectivity index (χ1) is 9.60. The van der Waals surface area contributed by atoms with Crippen LogP contribution in [0.1, 0.15) is 45.1 Å². The molecule has 0 spiro atoms. The van der Waals surface area contributed by atoms with Crippen molar-refractivity contribution in [3.8, 4) is 0 Å². The zero-order valence-electron chi connectivity index (χ0n) is 13.3. The standard InChI is InChI=1S/C18H30N2/c1-14-5-7-17(8-6-14)20(10-4-9-19)18-12-15(2)11-16(3)13-18/h5-8,15-16,18H,4,9-13,19H2,1-3H3. The van der Waals surface area contributed by atoms with Crippen molar-refractivity contribution < 1.29 is 0 Å². The first kappa shape index (κ1) is 15.4. The van der Waals surface area contributed by atoms with E-state index < -0.39 is 0 Å². The van der Waals surface area contributed by atoms with E-state index in [2.05, 4.69) is 49.9 Å². The molecule has 0 bridgehead atoms. The van der Waals surface area contributed by atoms with Crippen LogP contribution in [-0.4, -0.2) is 19.1 Å². The third-order valence-corrected chi connectivity index (χ3v) is 4.56. The van der Waals surface area contributed by atoms with Gasteiger partial charge in [0.15, 0.2) is 0 Å². The Hall–Kier alpha value is -1.02. The number of benzene rings is 1.